The van der Waals surface area contributed by atoms with Crippen LogP contribution in [-0.2, 0) is 0 Å². The van der Waals surface area contributed by atoms with Crippen LogP contribution in [0.4, 0.5) is 17.6 Å². The first-order valence-corrected chi connectivity index (χ1v) is 6.17. The van der Waals surface area contributed by atoms with E-state index >= 15 is 0 Å². The summed E-state index contributed by atoms with van der Waals surface area (Å²) in [4.78, 5) is 0. The van der Waals surface area contributed by atoms with E-state index in [1.165, 1.54) is 0 Å². The first-order chi connectivity index (χ1) is 7.41. The Balaban J connectivity index is 0. The van der Waals surface area contributed by atoms with Gasteiger partial charge in [0.1, 0.15) is 5.67 Å². The smallest absolute Gasteiger partial charge is 0.244 e. The molecule has 0 fully saturated rings. The molecule has 0 aromatic rings. The molecule has 0 saturated heterocycles. The zero-order valence-corrected chi connectivity index (χ0v) is 12.9. The summed E-state index contributed by atoms with van der Waals surface area (Å²) in [5.74, 6) is 0. The van der Waals surface area contributed by atoms with Gasteiger partial charge in [-0.2, -0.15) is 13.2 Å². The second-order valence-electron chi connectivity index (χ2n) is 7.81. The fourth-order valence-electron chi connectivity index (χ4n) is 1.86. The van der Waals surface area contributed by atoms with Crippen molar-refractivity contribution in [3.63, 3.8) is 0 Å². The number of hydrogen-bond acceptors (Lipinski definition) is 0. The molecule has 0 N–H and O–H groups in total. The molecule has 0 bridgehead atoms. The summed E-state index contributed by atoms with van der Waals surface area (Å²) in [5, 5.41) is 0. The molecule has 0 atom stereocenters. The van der Waals surface area contributed by atoms with Gasteiger partial charge in [-0.15, -0.1) is 0 Å². The van der Waals surface area contributed by atoms with Crippen LogP contribution in [0.5, 0.6) is 0 Å². The van der Waals surface area contributed by atoms with E-state index < -0.39 is 23.7 Å². The minimum atomic E-state index is -4.02. The van der Waals surface area contributed by atoms with E-state index in [9.17, 15) is 17.6 Å². The molecule has 0 rings (SSSR count). The highest BCUT2D eigenvalue weighted by molar-refractivity contribution is 4.74. The average Bonchev–Trinajstić information content (AvgIpc) is 1.64. The molecule has 0 aliphatic rings. The van der Waals surface area contributed by atoms with Gasteiger partial charge >= 0.3 is 6.18 Å². The highest BCUT2D eigenvalue weighted by Crippen LogP contribution is 2.32. The van der Waals surface area contributed by atoms with E-state index in [4.69, 9.17) is 0 Å². The van der Waals surface area contributed by atoms with Crippen LogP contribution in [-0.4, -0.2) is 11.8 Å². The third-order valence-corrected chi connectivity index (χ3v) is 1.68. The van der Waals surface area contributed by atoms with Crippen LogP contribution in [0.15, 0.2) is 0 Å². The monoisotopic (exact) mass is 272 g/mol. The van der Waals surface area contributed by atoms with Gasteiger partial charge in [-0.25, -0.2) is 4.39 Å². The van der Waals surface area contributed by atoms with Crippen LogP contribution in [0, 0.1) is 10.8 Å². The summed E-state index contributed by atoms with van der Waals surface area (Å²) in [7, 11) is 0. The van der Waals surface area contributed by atoms with Crippen LogP contribution >= 0.6 is 0 Å². The molecule has 112 valence electrons. The Labute approximate surface area is 109 Å². The van der Waals surface area contributed by atoms with E-state index in [0.717, 1.165) is 0 Å². The van der Waals surface area contributed by atoms with Crippen LogP contribution < -0.4 is 0 Å². The summed E-state index contributed by atoms with van der Waals surface area (Å²) < 4.78 is 47.5. The van der Waals surface area contributed by atoms with Gasteiger partial charge in [0, 0.05) is 6.42 Å². The van der Waals surface area contributed by atoms with Crippen molar-refractivity contribution in [1.29, 1.82) is 0 Å². The number of alkyl halides is 4. The molecule has 0 saturated carbocycles. The summed E-state index contributed by atoms with van der Waals surface area (Å²) in [6.07, 6.45) is -4.10. The molecule has 0 aliphatic carbocycles. The number of hydrogen-bond donors (Lipinski definition) is 0. The Kier molecular flexibility index (Phi) is 6.96. The lowest BCUT2D eigenvalue weighted by atomic mass is 9.85. The van der Waals surface area contributed by atoms with Crippen LogP contribution in [0.2, 0.25) is 0 Å². The molecule has 4 heteroatoms. The number of halogens is 4. The largest absolute Gasteiger partial charge is 0.389 e. The molecule has 18 heavy (non-hydrogen) atoms. The van der Waals surface area contributed by atoms with Crippen molar-refractivity contribution in [2.75, 3.05) is 0 Å². The van der Waals surface area contributed by atoms with Crippen molar-refractivity contribution in [3.8, 4) is 0 Å². The molecule has 0 spiro atoms. The van der Waals surface area contributed by atoms with E-state index in [2.05, 4.69) is 0 Å². The molecule has 0 aromatic carbocycles. The van der Waals surface area contributed by atoms with Crippen molar-refractivity contribution < 1.29 is 17.6 Å². The standard InChI is InChI=1S/C8H17F.C6H11F3/c1-7(2,3)6-8(4,5)9;1-5(2,3)4-6(7,8)9/h6H2,1-5H3;4H2,1-3H3. The molecular formula is C14H28F4. The second kappa shape index (κ2) is 6.25. The van der Waals surface area contributed by atoms with Crippen LogP contribution in [0.25, 0.3) is 0 Å². The van der Waals surface area contributed by atoms with E-state index in [0.29, 0.717) is 6.42 Å². The summed E-state index contributed by atoms with van der Waals surface area (Å²) in [5.41, 5.74) is -1.55. The predicted octanol–water partition coefficient (Wildman–Crippen LogP) is 6.16. The molecule has 0 aliphatic heterocycles. The van der Waals surface area contributed by atoms with Gasteiger partial charge in [0.2, 0.25) is 0 Å². The summed E-state index contributed by atoms with van der Waals surface area (Å²) in [6, 6.07) is 0. The Morgan fingerprint density at radius 1 is 0.556 bits per heavy atom. The average molecular weight is 272 g/mol. The summed E-state index contributed by atoms with van der Waals surface area (Å²) >= 11 is 0. The lowest BCUT2D eigenvalue weighted by Crippen LogP contribution is -2.21. The third kappa shape index (κ3) is 24.8. The zero-order chi connectivity index (χ0) is 15.4. The van der Waals surface area contributed by atoms with Crippen molar-refractivity contribution >= 4 is 0 Å². The minimum absolute atomic E-state index is 0.109. The molecular weight excluding hydrogens is 244 g/mol. The first-order valence-electron chi connectivity index (χ1n) is 6.17. The van der Waals surface area contributed by atoms with Crippen molar-refractivity contribution in [1.82, 2.24) is 0 Å². The molecule has 0 radical (unpaired) electrons. The quantitative estimate of drug-likeness (QED) is 0.502. The van der Waals surface area contributed by atoms with Crippen LogP contribution in [0.1, 0.15) is 68.2 Å². The second-order valence-corrected chi connectivity index (χ2v) is 7.81. The fourth-order valence-corrected chi connectivity index (χ4v) is 1.86. The molecule has 0 aromatic heterocycles. The highest BCUT2D eigenvalue weighted by Gasteiger charge is 2.33. The number of rotatable bonds is 1. The van der Waals surface area contributed by atoms with Crippen LogP contribution in [0.3, 0.4) is 0 Å². The minimum Gasteiger partial charge on any atom is -0.244 e. The Hall–Kier alpha value is -0.280. The highest BCUT2D eigenvalue weighted by atomic mass is 19.4. The first kappa shape index (κ1) is 20.0. The van der Waals surface area contributed by atoms with E-state index in [1.807, 2.05) is 20.8 Å². The maximum Gasteiger partial charge on any atom is 0.389 e. The van der Waals surface area contributed by atoms with Crippen molar-refractivity contribution in [3.05, 3.63) is 0 Å². The van der Waals surface area contributed by atoms with Gasteiger partial charge in [-0.05, 0) is 31.1 Å². The van der Waals surface area contributed by atoms with Gasteiger partial charge in [0.25, 0.3) is 0 Å². The fraction of sp³-hybridized carbons (Fsp3) is 1.00. The van der Waals surface area contributed by atoms with Gasteiger partial charge in [0.15, 0.2) is 0 Å². The van der Waals surface area contributed by atoms with Crippen molar-refractivity contribution in [2.45, 2.75) is 80.1 Å². The molecule has 0 unspecified atom stereocenters. The maximum absolute atomic E-state index is 12.9. The third-order valence-electron chi connectivity index (χ3n) is 1.68. The summed E-state index contributed by atoms with van der Waals surface area (Å²) in [6.45, 7) is 14.1. The Morgan fingerprint density at radius 3 is 0.833 bits per heavy atom. The van der Waals surface area contributed by atoms with Gasteiger partial charge < -0.3 is 0 Å². The Bertz CT molecular complexity index is 170. The Morgan fingerprint density at radius 2 is 0.833 bits per heavy atom. The lowest BCUT2D eigenvalue weighted by Gasteiger charge is -2.25. The zero-order valence-electron chi connectivity index (χ0n) is 12.9. The van der Waals surface area contributed by atoms with Crippen molar-refractivity contribution in [2.24, 2.45) is 10.8 Å². The molecule has 0 heterocycles. The van der Waals surface area contributed by atoms with Gasteiger partial charge in [-0.1, -0.05) is 41.5 Å². The molecule has 0 amide bonds. The maximum atomic E-state index is 12.9. The van der Waals surface area contributed by atoms with Gasteiger partial charge in [0.05, 0.1) is 0 Å². The van der Waals surface area contributed by atoms with E-state index in [1.54, 1.807) is 34.6 Å². The van der Waals surface area contributed by atoms with Gasteiger partial charge in [-0.3, -0.25) is 0 Å². The SMILES string of the molecule is CC(C)(C)CC(C)(C)F.CC(C)(C)CC(F)(F)F. The normalized spacial score (nSPS) is 14.0. The lowest BCUT2D eigenvalue weighted by molar-refractivity contribution is -0.152. The predicted molar refractivity (Wildman–Crippen MR) is 69.4 cm³/mol. The molecule has 0 nitrogen and oxygen atoms in total. The topological polar surface area (TPSA) is 0 Å². The van der Waals surface area contributed by atoms with E-state index in [-0.39, 0.29) is 5.41 Å².